The summed E-state index contributed by atoms with van der Waals surface area (Å²) in [6.07, 6.45) is 1.87. The molecular formula is C39H23N3. The molecule has 0 atom stereocenters. The van der Waals surface area contributed by atoms with E-state index in [0.717, 1.165) is 66.0 Å². The molecule has 0 saturated carbocycles. The van der Waals surface area contributed by atoms with Crippen LogP contribution in [-0.2, 0) is 0 Å². The van der Waals surface area contributed by atoms with Gasteiger partial charge in [0.15, 0.2) is 0 Å². The molecule has 3 heteroatoms. The van der Waals surface area contributed by atoms with Gasteiger partial charge in [0.1, 0.15) is 0 Å². The standard InChI is InChI=1S/C39H23N3/c1-3-10-26-22-35-28(20-24(26)8-1)15-17-33(41-35)37-30-12-5-6-13-31(30)38(39-32(37)14-7-19-40-39)34-18-16-29-21-25-9-2-4-11-27(25)23-36(29)42-34/h1-23H. The lowest BCUT2D eigenvalue weighted by atomic mass is 9.90. The van der Waals surface area contributed by atoms with Crippen molar-refractivity contribution in [1.29, 1.82) is 0 Å². The maximum Gasteiger partial charge on any atom is 0.0809 e. The largest absolute Gasteiger partial charge is 0.256 e. The fourth-order valence-electron chi connectivity index (χ4n) is 6.44. The van der Waals surface area contributed by atoms with E-state index in [-0.39, 0.29) is 0 Å². The molecule has 42 heavy (non-hydrogen) atoms. The van der Waals surface area contributed by atoms with E-state index in [2.05, 4.69) is 127 Å². The number of pyridine rings is 3. The molecule has 0 radical (unpaired) electrons. The average Bonchev–Trinajstić information content (AvgIpc) is 3.04. The molecule has 3 heterocycles. The summed E-state index contributed by atoms with van der Waals surface area (Å²) in [6.45, 7) is 0. The summed E-state index contributed by atoms with van der Waals surface area (Å²) in [7, 11) is 0. The molecule has 9 aromatic rings. The Morgan fingerprint density at radius 1 is 0.357 bits per heavy atom. The lowest BCUT2D eigenvalue weighted by molar-refractivity contribution is 1.37. The molecule has 0 aliphatic carbocycles. The van der Waals surface area contributed by atoms with Crippen molar-refractivity contribution in [2.24, 2.45) is 0 Å². The van der Waals surface area contributed by atoms with Crippen LogP contribution in [0.15, 0.2) is 140 Å². The zero-order valence-electron chi connectivity index (χ0n) is 22.6. The maximum absolute atomic E-state index is 5.22. The van der Waals surface area contributed by atoms with Crippen molar-refractivity contribution < 1.29 is 0 Å². The zero-order chi connectivity index (χ0) is 27.6. The summed E-state index contributed by atoms with van der Waals surface area (Å²) in [5.74, 6) is 0. The molecule has 0 N–H and O–H groups in total. The van der Waals surface area contributed by atoms with Gasteiger partial charge >= 0.3 is 0 Å². The SMILES string of the molecule is c1ccc2cc3nc(-c4c5ccccc5c(-c5ccc6cc7ccccc7cc6n5)c5ncccc45)ccc3cc2c1. The van der Waals surface area contributed by atoms with E-state index in [1.807, 2.05) is 12.3 Å². The smallest absolute Gasteiger partial charge is 0.0809 e. The number of nitrogens with zero attached hydrogens (tertiary/aromatic N) is 3. The molecule has 0 aliphatic rings. The van der Waals surface area contributed by atoms with Crippen molar-refractivity contribution in [3.05, 3.63) is 140 Å². The Balaban J connectivity index is 1.33. The number of fused-ring (bicyclic) bond motifs is 6. The highest BCUT2D eigenvalue weighted by Gasteiger charge is 2.19. The third kappa shape index (κ3) is 3.50. The van der Waals surface area contributed by atoms with Crippen LogP contribution in [0.1, 0.15) is 0 Å². The van der Waals surface area contributed by atoms with Gasteiger partial charge in [-0.1, -0.05) is 91.0 Å². The van der Waals surface area contributed by atoms with E-state index in [1.54, 1.807) is 0 Å². The van der Waals surface area contributed by atoms with Crippen molar-refractivity contribution in [2.75, 3.05) is 0 Å². The first-order valence-electron chi connectivity index (χ1n) is 14.2. The monoisotopic (exact) mass is 533 g/mol. The average molecular weight is 534 g/mol. The number of benzene rings is 6. The number of aromatic nitrogens is 3. The first-order valence-corrected chi connectivity index (χ1v) is 14.2. The molecule has 0 bridgehead atoms. The summed E-state index contributed by atoms with van der Waals surface area (Å²) in [5.41, 5.74) is 6.90. The van der Waals surface area contributed by atoms with Crippen LogP contribution in [0.2, 0.25) is 0 Å². The Kier molecular flexibility index (Phi) is 4.90. The third-order valence-electron chi connectivity index (χ3n) is 8.41. The van der Waals surface area contributed by atoms with Crippen LogP contribution in [0.5, 0.6) is 0 Å². The first kappa shape index (κ1) is 23.1. The van der Waals surface area contributed by atoms with Crippen LogP contribution >= 0.6 is 0 Å². The maximum atomic E-state index is 5.22. The van der Waals surface area contributed by atoms with Gasteiger partial charge in [-0.2, -0.15) is 0 Å². The van der Waals surface area contributed by atoms with Gasteiger partial charge in [0, 0.05) is 33.5 Å². The highest BCUT2D eigenvalue weighted by Crippen LogP contribution is 2.42. The highest BCUT2D eigenvalue weighted by atomic mass is 14.7. The molecule has 6 aromatic carbocycles. The van der Waals surface area contributed by atoms with Crippen LogP contribution in [0, 0.1) is 0 Å². The molecule has 0 saturated heterocycles. The van der Waals surface area contributed by atoms with E-state index in [4.69, 9.17) is 15.0 Å². The lowest BCUT2D eigenvalue weighted by Gasteiger charge is -2.16. The van der Waals surface area contributed by atoms with E-state index in [9.17, 15) is 0 Å². The Morgan fingerprint density at radius 2 is 0.833 bits per heavy atom. The van der Waals surface area contributed by atoms with Crippen LogP contribution in [-0.4, -0.2) is 15.0 Å². The minimum atomic E-state index is 0.919. The molecule has 0 aliphatic heterocycles. The van der Waals surface area contributed by atoms with Gasteiger partial charge in [0.25, 0.3) is 0 Å². The molecule has 9 rings (SSSR count). The van der Waals surface area contributed by atoms with Crippen molar-refractivity contribution >= 4 is 65.0 Å². The molecule has 0 fully saturated rings. The summed E-state index contributed by atoms with van der Waals surface area (Å²) in [5, 5.41) is 10.4. The van der Waals surface area contributed by atoms with Gasteiger partial charge in [-0.25, -0.2) is 9.97 Å². The van der Waals surface area contributed by atoms with E-state index >= 15 is 0 Å². The van der Waals surface area contributed by atoms with Crippen molar-refractivity contribution in [3.8, 4) is 22.5 Å². The van der Waals surface area contributed by atoms with Crippen LogP contribution < -0.4 is 0 Å². The second-order valence-corrected chi connectivity index (χ2v) is 10.9. The predicted octanol–water partition coefficient (Wildman–Crippen LogP) is 10.1. The molecule has 0 unspecified atom stereocenters. The molecule has 3 nitrogen and oxygen atoms in total. The molecule has 0 amide bonds. The second kappa shape index (κ2) is 8.92. The first-order chi connectivity index (χ1) is 20.8. The van der Waals surface area contributed by atoms with E-state index in [0.29, 0.717) is 0 Å². The summed E-state index contributed by atoms with van der Waals surface area (Å²) >= 11 is 0. The Morgan fingerprint density at radius 3 is 1.43 bits per heavy atom. The zero-order valence-corrected chi connectivity index (χ0v) is 22.6. The fraction of sp³-hybridized carbons (Fsp3) is 0. The quantitative estimate of drug-likeness (QED) is 0.208. The summed E-state index contributed by atoms with van der Waals surface area (Å²) in [6, 6.07) is 47.1. The molecular weight excluding hydrogens is 510 g/mol. The predicted molar refractivity (Wildman–Crippen MR) is 176 cm³/mol. The van der Waals surface area contributed by atoms with Gasteiger partial charge < -0.3 is 0 Å². The van der Waals surface area contributed by atoms with Crippen molar-refractivity contribution in [3.63, 3.8) is 0 Å². The van der Waals surface area contributed by atoms with E-state index in [1.165, 1.54) is 21.5 Å². The van der Waals surface area contributed by atoms with Gasteiger partial charge in [-0.05, 0) is 74.8 Å². The summed E-state index contributed by atoms with van der Waals surface area (Å²) < 4.78 is 0. The van der Waals surface area contributed by atoms with Crippen LogP contribution in [0.4, 0.5) is 0 Å². The van der Waals surface area contributed by atoms with Gasteiger partial charge in [-0.15, -0.1) is 0 Å². The third-order valence-corrected chi connectivity index (χ3v) is 8.41. The van der Waals surface area contributed by atoms with Crippen molar-refractivity contribution in [1.82, 2.24) is 15.0 Å². The summed E-state index contributed by atoms with van der Waals surface area (Å²) in [4.78, 5) is 15.4. The Bertz CT molecular complexity index is 2300. The van der Waals surface area contributed by atoms with E-state index < -0.39 is 0 Å². The highest BCUT2D eigenvalue weighted by molar-refractivity contribution is 6.20. The van der Waals surface area contributed by atoms with Crippen LogP contribution in [0.3, 0.4) is 0 Å². The minimum absolute atomic E-state index is 0.919. The topological polar surface area (TPSA) is 38.7 Å². The molecule has 0 spiro atoms. The number of hydrogen-bond donors (Lipinski definition) is 0. The van der Waals surface area contributed by atoms with Gasteiger partial charge in [0.2, 0.25) is 0 Å². The number of hydrogen-bond acceptors (Lipinski definition) is 3. The second-order valence-electron chi connectivity index (χ2n) is 10.9. The van der Waals surface area contributed by atoms with Crippen LogP contribution in [0.25, 0.3) is 87.5 Å². The fourth-order valence-corrected chi connectivity index (χ4v) is 6.44. The minimum Gasteiger partial charge on any atom is -0.256 e. The lowest BCUT2D eigenvalue weighted by Crippen LogP contribution is -1.95. The molecule has 3 aromatic heterocycles. The Hall–Kier alpha value is -5.67. The normalized spacial score (nSPS) is 11.8. The van der Waals surface area contributed by atoms with Gasteiger partial charge in [-0.3, -0.25) is 4.98 Å². The Labute approximate surface area is 241 Å². The van der Waals surface area contributed by atoms with Crippen molar-refractivity contribution in [2.45, 2.75) is 0 Å². The van der Waals surface area contributed by atoms with Gasteiger partial charge in [0.05, 0.1) is 27.9 Å². The number of rotatable bonds is 2. The molecule has 194 valence electrons.